The molecule has 0 bridgehead atoms. The topological polar surface area (TPSA) is 119 Å². The van der Waals surface area contributed by atoms with Gasteiger partial charge < -0.3 is 19.2 Å². The zero-order valence-corrected chi connectivity index (χ0v) is 16.4. The molecule has 3 aromatic rings. The standard InChI is InChI=1S/C21H16N2O6S/c22-9-10-30-18-4-2-1-3-16(18)23-19(24)12-28-21(26)13-27-15-7-5-14-6-8-20(25)29-17(14)11-15/h1-8,11H,10,12-13H2,(H,23,24). The van der Waals surface area contributed by atoms with Gasteiger partial charge in [0.2, 0.25) is 0 Å². The van der Waals surface area contributed by atoms with E-state index in [1.165, 1.54) is 23.9 Å². The molecule has 0 saturated carbocycles. The molecule has 2 aromatic carbocycles. The van der Waals surface area contributed by atoms with E-state index >= 15 is 0 Å². The Labute approximate surface area is 175 Å². The molecule has 0 unspecified atom stereocenters. The van der Waals surface area contributed by atoms with Crippen LogP contribution in [0.2, 0.25) is 0 Å². The quantitative estimate of drug-likeness (QED) is 0.333. The van der Waals surface area contributed by atoms with Gasteiger partial charge in [0.1, 0.15) is 11.3 Å². The molecule has 1 N–H and O–H groups in total. The first-order valence-corrected chi connectivity index (χ1v) is 9.74. The lowest BCUT2D eigenvalue weighted by atomic mass is 10.2. The predicted octanol–water partition coefficient (Wildman–Crippen LogP) is 2.97. The van der Waals surface area contributed by atoms with Crippen LogP contribution in [0.25, 0.3) is 11.0 Å². The van der Waals surface area contributed by atoms with Crippen LogP contribution < -0.4 is 15.7 Å². The van der Waals surface area contributed by atoms with Gasteiger partial charge in [-0.15, -0.1) is 11.8 Å². The summed E-state index contributed by atoms with van der Waals surface area (Å²) >= 11 is 1.29. The number of para-hydroxylation sites is 1. The lowest BCUT2D eigenvalue weighted by Gasteiger charge is -2.10. The molecule has 0 spiro atoms. The summed E-state index contributed by atoms with van der Waals surface area (Å²) in [5.41, 5.74) is 0.381. The molecule has 0 aliphatic heterocycles. The zero-order valence-electron chi connectivity index (χ0n) is 15.6. The normalized spacial score (nSPS) is 10.2. The van der Waals surface area contributed by atoms with Crippen molar-refractivity contribution in [3.05, 3.63) is 65.0 Å². The molecule has 0 fully saturated rings. The van der Waals surface area contributed by atoms with E-state index in [4.69, 9.17) is 19.2 Å². The average Bonchev–Trinajstić information content (AvgIpc) is 2.75. The Morgan fingerprint density at radius 1 is 1.10 bits per heavy atom. The Balaban J connectivity index is 1.48. The van der Waals surface area contributed by atoms with Crippen molar-refractivity contribution in [1.29, 1.82) is 5.26 Å². The van der Waals surface area contributed by atoms with Crippen LogP contribution in [0.5, 0.6) is 5.75 Å². The monoisotopic (exact) mass is 424 g/mol. The van der Waals surface area contributed by atoms with Gasteiger partial charge in [0.15, 0.2) is 13.2 Å². The van der Waals surface area contributed by atoms with Crippen LogP contribution in [0.1, 0.15) is 0 Å². The van der Waals surface area contributed by atoms with Crippen molar-refractivity contribution in [2.24, 2.45) is 0 Å². The van der Waals surface area contributed by atoms with E-state index < -0.39 is 30.7 Å². The third-order valence-corrected chi connectivity index (χ3v) is 4.71. The van der Waals surface area contributed by atoms with Crippen LogP contribution in [0, 0.1) is 11.3 Å². The Morgan fingerprint density at radius 3 is 2.73 bits per heavy atom. The number of fused-ring (bicyclic) bond motifs is 1. The number of nitrogens with one attached hydrogen (secondary N) is 1. The summed E-state index contributed by atoms with van der Waals surface area (Å²) in [6, 6.07) is 16.8. The molecule has 9 heteroatoms. The largest absolute Gasteiger partial charge is 0.482 e. The molecule has 0 atom stereocenters. The van der Waals surface area contributed by atoms with Crippen LogP contribution in [0.4, 0.5) is 5.69 Å². The van der Waals surface area contributed by atoms with Crippen molar-refractivity contribution in [1.82, 2.24) is 0 Å². The Bertz CT molecular complexity index is 1170. The first-order chi connectivity index (χ1) is 14.5. The molecule has 0 radical (unpaired) electrons. The molecule has 152 valence electrons. The van der Waals surface area contributed by atoms with E-state index in [0.29, 0.717) is 17.0 Å². The second-order valence-corrected chi connectivity index (χ2v) is 6.91. The average molecular weight is 424 g/mol. The minimum Gasteiger partial charge on any atom is -0.482 e. The third kappa shape index (κ3) is 5.86. The van der Waals surface area contributed by atoms with Crippen LogP contribution in [-0.2, 0) is 14.3 Å². The van der Waals surface area contributed by atoms with Crippen molar-refractivity contribution in [2.75, 3.05) is 24.3 Å². The lowest BCUT2D eigenvalue weighted by Crippen LogP contribution is -2.23. The Hall–Kier alpha value is -3.77. The highest BCUT2D eigenvalue weighted by Crippen LogP contribution is 2.26. The molecule has 1 heterocycles. The summed E-state index contributed by atoms with van der Waals surface area (Å²) in [6.45, 7) is -0.892. The van der Waals surface area contributed by atoms with Crippen LogP contribution in [0.15, 0.2) is 68.7 Å². The molecule has 8 nitrogen and oxygen atoms in total. The maximum Gasteiger partial charge on any atom is 0.344 e. The van der Waals surface area contributed by atoms with E-state index in [0.717, 1.165) is 10.3 Å². The van der Waals surface area contributed by atoms with Crippen molar-refractivity contribution < 1.29 is 23.5 Å². The number of carbonyl (C=O) groups excluding carboxylic acids is 2. The fraction of sp³-hybridized carbons (Fsp3) is 0.143. The highest BCUT2D eigenvalue weighted by molar-refractivity contribution is 7.99. The van der Waals surface area contributed by atoms with Gasteiger partial charge in [-0.2, -0.15) is 5.26 Å². The molecule has 0 saturated heterocycles. The van der Waals surface area contributed by atoms with Crippen LogP contribution in [0.3, 0.4) is 0 Å². The number of hydrogen-bond acceptors (Lipinski definition) is 8. The Kier molecular flexibility index (Phi) is 7.08. The highest BCUT2D eigenvalue weighted by Gasteiger charge is 2.11. The minimum absolute atomic E-state index is 0.247. The van der Waals surface area contributed by atoms with Crippen LogP contribution in [-0.4, -0.2) is 30.8 Å². The van der Waals surface area contributed by atoms with E-state index in [1.807, 2.05) is 6.07 Å². The predicted molar refractivity (Wildman–Crippen MR) is 110 cm³/mol. The number of esters is 1. The lowest BCUT2D eigenvalue weighted by molar-refractivity contribution is -0.149. The van der Waals surface area contributed by atoms with Gasteiger partial charge >= 0.3 is 11.6 Å². The van der Waals surface area contributed by atoms with Crippen molar-refractivity contribution in [3.63, 3.8) is 0 Å². The molecular formula is C21H16N2O6S. The molecule has 3 rings (SSSR count). The molecule has 30 heavy (non-hydrogen) atoms. The summed E-state index contributed by atoms with van der Waals surface area (Å²) < 4.78 is 15.3. The molecule has 0 aliphatic rings. The zero-order chi connectivity index (χ0) is 21.3. The number of amides is 1. The number of ether oxygens (including phenoxy) is 2. The Morgan fingerprint density at radius 2 is 1.90 bits per heavy atom. The van der Waals surface area contributed by atoms with Gasteiger partial charge in [0.05, 0.1) is 17.5 Å². The van der Waals surface area contributed by atoms with E-state index in [9.17, 15) is 14.4 Å². The molecular weight excluding hydrogens is 408 g/mol. The van der Waals surface area contributed by atoms with Gasteiger partial charge in [-0.05, 0) is 30.3 Å². The first kappa shape index (κ1) is 21.0. The second kappa shape index (κ2) is 10.1. The smallest absolute Gasteiger partial charge is 0.344 e. The summed E-state index contributed by atoms with van der Waals surface area (Å²) in [4.78, 5) is 35.9. The maximum absolute atomic E-state index is 12.1. The van der Waals surface area contributed by atoms with Crippen molar-refractivity contribution in [3.8, 4) is 11.8 Å². The number of benzene rings is 2. The number of hydrogen-bond donors (Lipinski definition) is 1. The number of thioether (sulfide) groups is 1. The summed E-state index contributed by atoms with van der Waals surface area (Å²) in [6.07, 6.45) is 0. The first-order valence-electron chi connectivity index (χ1n) is 8.76. The minimum atomic E-state index is -0.730. The van der Waals surface area contributed by atoms with E-state index in [-0.39, 0.29) is 5.75 Å². The number of carbonyl (C=O) groups is 2. The summed E-state index contributed by atoms with van der Waals surface area (Å²) in [5, 5.41) is 12.1. The van der Waals surface area contributed by atoms with E-state index in [1.54, 1.807) is 42.5 Å². The number of rotatable bonds is 8. The van der Waals surface area contributed by atoms with Gasteiger partial charge in [-0.1, -0.05) is 12.1 Å². The highest BCUT2D eigenvalue weighted by atomic mass is 32.2. The number of nitrogens with zero attached hydrogens (tertiary/aromatic N) is 1. The molecule has 1 amide bonds. The fourth-order valence-corrected chi connectivity index (χ4v) is 3.12. The van der Waals surface area contributed by atoms with Gasteiger partial charge in [0, 0.05) is 22.4 Å². The summed E-state index contributed by atoms with van der Waals surface area (Å²) in [5.74, 6) is -0.674. The summed E-state index contributed by atoms with van der Waals surface area (Å²) in [7, 11) is 0. The maximum atomic E-state index is 12.1. The van der Waals surface area contributed by atoms with Gasteiger partial charge in [-0.3, -0.25) is 4.79 Å². The molecule has 0 aliphatic carbocycles. The van der Waals surface area contributed by atoms with E-state index in [2.05, 4.69) is 5.32 Å². The SMILES string of the molecule is N#CCSc1ccccc1NC(=O)COC(=O)COc1ccc2ccc(=O)oc2c1. The van der Waals surface area contributed by atoms with Crippen molar-refractivity contribution in [2.45, 2.75) is 4.90 Å². The molecule has 1 aromatic heterocycles. The van der Waals surface area contributed by atoms with Gasteiger partial charge in [0.25, 0.3) is 5.91 Å². The van der Waals surface area contributed by atoms with Crippen molar-refractivity contribution >= 4 is 40.3 Å². The number of anilines is 1. The van der Waals surface area contributed by atoms with Crippen LogP contribution >= 0.6 is 11.8 Å². The van der Waals surface area contributed by atoms with Gasteiger partial charge in [-0.25, -0.2) is 9.59 Å². The third-order valence-electron chi connectivity index (χ3n) is 3.77. The fourth-order valence-electron chi connectivity index (χ4n) is 2.45. The number of nitriles is 1. The second-order valence-electron chi connectivity index (χ2n) is 5.89.